The van der Waals surface area contributed by atoms with Crippen LogP contribution in [-0.4, -0.2) is 84.8 Å². The molecule has 4 heterocycles. The first-order chi connectivity index (χ1) is 48.7. The molecule has 0 amide bonds. The number of piperidine rings is 2. The Labute approximate surface area is 596 Å². The van der Waals surface area contributed by atoms with E-state index in [1.165, 1.54) is 63.7 Å². The number of carbonyl (C=O) groups excluding carboxylic acids is 2. The largest absolute Gasteiger partial charge is 0.317 e. The van der Waals surface area contributed by atoms with E-state index in [0.717, 1.165) is 50.8 Å². The Balaban J connectivity index is 0.000000511. The van der Waals surface area contributed by atoms with E-state index in [0.29, 0.717) is 29.3 Å². The van der Waals surface area contributed by atoms with Crippen LogP contribution in [0.5, 0.6) is 0 Å². The molecule has 0 radical (unpaired) electrons. The number of sulfonamides is 1. The molecule has 1 aliphatic carbocycles. The van der Waals surface area contributed by atoms with Crippen LogP contribution in [0, 0.1) is 343 Å². The zero-order chi connectivity index (χ0) is 70.8. The van der Waals surface area contributed by atoms with Crippen molar-refractivity contribution in [3.05, 3.63) is 29.8 Å². The Bertz CT molecular complexity index is 5140. The number of nitrogens with zero attached hydrogens (tertiary/aromatic N) is 1. The molecule has 11 heteroatoms. The van der Waals surface area contributed by atoms with Crippen LogP contribution in [-0.2, 0) is 14.8 Å². The topological polar surface area (TPSA) is 108 Å². The second-order valence-electron chi connectivity index (χ2n) is 18.4. The number of ketones is 2. The highest BCUT2D eigenvalue weighted by molar-refractivity contribution is 8.01. The van der Waals surface area contributed by atoms with Gasteiger partial charge in [-0.15, -0.1) is 23.5 Å². The molecule has 1 aromatic rings. The maximum atomic E-state index is 12.7. The number of carbonyl (C=O) groups is 2. The SMILES string of the molecule is C1CC2(CCN1)NCCS2.CC#CC#CC#CC#CC#CC#CC#CC#CC#CC#CC#CC#CC#CC#CC#CC#CC#CC#CC#CC#CC#CC#CC#CC#CC#CC#CC#CC#CC#CC.CC(=O)c1ccc(S(=O)(=O)N2CCC3(CC2)NCCS3)cc1.O=C1CCCCC1. The third-order valence-electron chi connectivity index (χ3n) is 11.8. The molecule has 2 spiro atoms. The van der Waals surface area contributed by atoms with E-state index in [1.807, 2.05) is 11.8 Å². The summed E-state index contributed by atoms with van der Waals surface area (Å²) in [7, 11) is -3.47. The lowest BCUT2D eigenvalue weighted by molar-refractivity contribution is -0.120. The number of hydrogen-bond donors (Lipinski definition) is 3. The van der Waals surface area contributed by atoms with Crippen LogP contribution in [0.15, 0.2) is 29.2 Å². The molecule has 4 saturated heterocycles. The van der Waals surface area contributed by atoms with Gasteiger partial charge in [0.05, 0.1) is 14.6 Å². The monoisotopic (exact) mass is 1320 g/mol. The van der Waals surface area contributed by atoms with Crippen molar-refractivity contribution in [2.24, 2.45) is 0 Å². The van der Waals surface area contributed by atoms with Crippen molar-refractivity contribution in [1.29, 1.82) is 0 Å². The molecule has 6 rings (SSSR count). The number of benzene rings is 1. The van der Waals surface area contributed by atoms with Gasteiger partial charge in [-0.1, -0.05) is 30.4 Å². The summed E-state index contributed by atoms with van der Waals surface area (Å²) in [6.07, 6.45) is 9.52. The summed E-state index contributed by atoms with van der Waals surface area (Å²) >= 11 is 4.02. The molecule has 464 valence electrons. The van der Waals surface area contributed by atoms with Gasteiger partial charge in [-0.3, -0.25) is 9.59 Å². The van der Waals surface area contributed by atoms with Crippen molar-refractivity contribution in [2.45, 2.75) is 93.2 Å². The minimum absolute atomic E-state index is 0.0619. The molecule has 1 aromatic carbocycles. The Morgan fingerprint density at radius 2 is 0.606 bits per heavy atom. The maximum absolute atomic E-state index is 12.7. The Kier molecular flexibility index (Phi) is 44.0. The van der Waals surface area contributed by atoms with Gasteiger partial charge in [0.2, 0.25) is 10.0 Å². The van der Waals surface area contributed by atoms with Crippen LogP contribution in [0.25, 0.3) is 0 Å². The molecule has 99 heavy (non-hydrogen) atoms. The van der Waals surface area contributed by atoms with Crippen molar-refractivity contribution in [3.63, 3.8) is 0 Å². The first kappa shape index (κ1) is 79.5. The lowest BCUT2D eigenvalue weighted by Crippen LogP contribution is -2.49. The van der Waals surface area contributed by atoms with Crippen molar-refractivity contribution in [2.75, 3.05) is 50.8 Å². The molecule has 1 saturated carbocycles. The van der Waals surface area contributed by atoms with Crippen molar-refractivity contribution in [1.82, 2.24) is 20.3 Å². The van der Waals surface area contributed by atoms with E-state index in [-0.39, 0.29) is 15.5 Å². The van der Waals surface area contributed by atoms with Gasteiger partial charge < -0.3 is 16.0 Å². The van der Waals surface area contributed by atoms with Gasteiger partial charge in [0.1, 0.15) is 5.78 Å². The minimum Gasteiger partial charge on any atom is -0.317 e. The van der Waals surface area contributed by atoms with Crippen LogP contribution >= 0.6 is 23.5 Å². The predicted molar refractivity (Wildman–Crippen MR) is 398 cm³/mol. The summed E-state index contributed by atoms with van der Waals surface area (Å²) in [4.78, 5) is 22.6. The highest BCUT2D eigenvalue weighted by Gasteiger charge is 2.41. The second kappa shape index (κ2) is 54.8. The molecule has 0 atom stereocenters. The quantitative estimate of drug-likeness (QED) is 0.292. The summed E-state index contributed by atoms with van der Waals surface area (Å²) in [6.45, 7) is 10.5. The minimum atomic E-state index is -3.47. The average Bonchev–Trinajstić information content (AvgIpc) is 1.78. The maximum Gasteiger partial charge on any atom is 0.243 e. The molecule has 8 nitrogen and oxygen atoms in total. The van der Waals surface area contributed by atoms with Crippen LogP contribution in [0.3, 0.4) is 0 Å². The van der Waals surface area contributed by atoms with Gasteiger partial charge in [-0.2, -0.15) is 4.31 Å². The molecule has 0 unspecified atom stereocenters. The van der Waals surface area contributed by atoms with Gasteiger partial charge in [0, 0.05) is 293 Å². The number of hydrogen-bond acceptors (Lipinski definition) is 9. The first-order valence-corrected chi connectivity index (χ1v) is 33.0. The number of rotatable bonds is 3. The zero-order valence-corrected chi connectivity index (χ0v) is 56.6. The predicted octanol–water partition coefficient (Wildman–Crippen LogP) is 4.75. The lowest BCUT2D eigenvalue weighted by atomic mass is 10.00. The average molecular weight is 1320 g/mol. The van der Waals surface area contributed by atoms with Gasteiger partial charge in [-0.25, -0.2) is 8.42 Å². The third kappa shape index (κ3) is 41.5. The van der Waals surface area contributed by atoms with Gasteiger partial charge in [-0.05, 0) is 179 Å². The van der Waals surface area contributed by atoms with Crippen LogP contribution in [0.2, 0.25) is 0 Å². The highest BCUT2D eigenvalue weighted by Crippen LogP contribution is 2.38. The van der Waals surface area contributed by atoms with E-state index in [4.69, 9.17) is 0 Å². The third-order valence-corrected chi connectivity index (χ3v) is 16.7. The summed E-state index contributed by atoms with van der Waals surface area (Å²) in [5, 5.41) is 10.5. The normalized spacial score (nSPS) is 12.1. The van der Waals surface area contributed by atoms with E-state index in [1.54, 1.807) is 30.3 Å². The van der Waals surface area contributed by atoms with Gasteiger partial charge >= 0.3 is 0 Å². The standard InChI is InChI=1S/C60H6.C15H20N2O3S2.C7H14N2S.C6H10O/c1-3-5-7-9-11-13-15-17-19-21-23-25-27-29-31-33-35-37-39-41-43-45-47-49-51-53-55-57-59-60-58-56-54-52-50-48-46-44-42-40-38-36-34-32-30-28-26-24-22-20-18-16-14-12-10-8-6-4-2;1-12(18)13-2-4-14(5-3-13)22(19,20)17-9-6-15(7-10-17)16-8-11-21-15;1-3-8-4-2-7(1)9-5-6-10-7;7-6-4-2-1-3-5-6/h1-2H3;2-5,16H,6-11H2,1H3;8-9H,1-6H2;1-5H2. The molecule has 0 bridgehead atoms. The van der Waals surface area contributed by atoms with Crippen molar-refractivity contribution in [3.8, 4) is 343 Å². The van der Waals surface area contributed by atoms with Crippen molar-refractivity contribution < 1.29 is 18.0 Å². The fourth-order valence-corrected chi connectivity index (χ4v) is 11.5. The van der Waals surface area contributed by atoms with E-state index in [2.05, 4.69) is 371 Å². The van der Waals surface area contributed by atoms with Crippen LogP contribution < -0.4 is 16.0 Å². The fourth-order valence-electron chi connectivity index (χ4n) is 7.48. The van der Waals surface area contributed by atoms with Crippen LogP contribution in [0.4, 0.5) is 0 Å². The Morgan fingerprint density at radius 3 is 0.808 bits per heavy atom. The van der Waals surface area contributed by atoms with Gasteiger partial charge in [0.25, 0.3) is 0 Å². The van der Waals surface area contributed by atoms with E-state index < -0.39 is 10.0 Å². The van der Waals surface area contributed by atoms with E-state index in [9.17, 15) is 18.0 Å². The zero-order valence-electron chi connectivity index (χ0n) is 54.1. The first-order valence-electron chi connectivity index (χ1n) is 29.6. The molecule has 0 aromatic heterocycles. The molecular formula is C88H50N4O4S3. The van der Waals surface area contributed by atoms with E-state index >= 15 is 0 Å². The number of Topliss-reactive ketones (excluding diaryl/α,β-unsaturated/α-hetero) is 2. The molecule has 5 aliphatic rings. The fraction of sp³-hybridized carbons (Fsp3) is 0.250. The second-order valence-corrected chi connectivity index (χ2v) is 23.3. The highest BCUT2D eigenvalue weighted by atomic mass is 32.2. The molecule has 3 N–H and O–H groups in total. The number of nitrogens with one attached hydrogen (secondary N) is 3. The molecule has 4 aliphatic heterocycles. The number of thioether (sulfide) groups is 2. The summed E-state index contributed by atoms with van der Waals surface area (Å²) < 4.78 is 26.9. The Morgan fingerprint density at radius 1 is 0.364 bits per heavy atom. The summed E-state index contributed by atoms with van der Waals surface area (Å²) in [5.74, 6) is 148. The van der Waals surface area contributed by atoms with Gasteiger partial charge in [0.15, 0.2) is 5.78 Å². The lowest BCUT2D eigenvalue weighted by Gasteiger charge is -2.38. The van der Waals surface area contributed by atoms with Crippen LogP contribution in [0.1, 0.15) is 88.9 Å². The Hall–Kier alpha value is -13.7. The van der Waals surface area contributed by atoms with Crippen molar-refractivity contribution >= 4 is 45.1 Å². The summed E-state index contributed by atoms with van der Waals surface area (Å²) in [6, 6.07) is 6.21. The smallest absolute Gasteiger partial charge is 0.243 e. The molecule has 5 fully saturated rings. The summed E-state index contributed by atoms with van der Waals surface area (Å²) in [5.41, 5.74) is 0.531. The molecular weight excluding hydrogens is 1270 g/mol.